The number of carbonyl (C=O) groups is 2. The summed E-state index contributed by atoms with van der Waals surface area (Å²) in [5.74, 6) is -2.98. The Morgan fingerprint density at radius 3 is 2.00 bits per heavy atom. The van der Waals surface area contributed by atoms with Gasteiger partial charge in [0.05, 0.1) is 17.2 Å². The van der Waals surface area contributed by atoms with E-state index < -0.39 is 17.7 Å². The normalized spacial score (nSPS) is 11.3. The molecule has 0 aliphatic rings. The minimum atomic E-state index is -1.61. The smallest absolute Gasteiger partial charge is 0.341 e. The van der Waals surface area contributed by atoms with Crippen LogP contribution in [0.3, 0.4) is 0 Å². The highest BCUT2D eigenvalue weighted by atomic mass is 16.7. The van der Waals surface area contributed by atoms with Crippen molar-refractivity contribution in [2.75, 3.05) is 0 Å². The van der Waals surface area contributed by atoms with Gasteiger partial charge < -0.3 is 14.6 Å². The van der Waals surface area contributed by atoms with Gasteiger partial charge in [0.25, 0.3) is 0 Å². The Morgan fingerprint density at radius 1 is 1.11 bits per heavy atom. The van der Waals surface area contributed by atoms with E-state index in [1.54, 1.807) is 26.0 Å². The number of esters is 2. The molecule has 19 heavy (non-hydrogen) atoms. The van der Waals surface area contributed by atoms with Crippen LogP contribution in [0.2, 0.25) is 0 Å². The zero-order valence-electron chi connectivity index (χ0n) is 11.5. The van der Waals surface area contributed by atoms with Crippen molar-refractivity contribution in [3.63, 3.8) is 0 Å². The molecule has 0 aliphatic heterocycles. The minimum Gasteiger partial charge on any atom is -0.459 e. The van der Waals surface area contributed by atoms with E-state index in [2.05, 4.69) is 0 Å². The number of hydrogen-bond donors (Lipinski definition) is 1. The zero-order chi connectivity index (χ0) is 14.6. The fraction of sp³-hybridized carbons (Fsp3) is 0.429. The Hall–Kier alpha value is -1.88. The molecule has 0 heterocycles. The van der Waals surface area contributed by atoms with Gasteiger partial charge in [-0.25, -0.2) is 9.59 Å². The summed E-state index contributed by atoms with van der Waals surface area (Å²) in [6.45, 7) is 6.10. The first kappa shape index (κ1) is 15.2. The third-order valence-corrected chi connectivity index (χ3v) is 2.05. The summed E-state index contributed by atoms with van der Waals surface area (Å²) >= 11 is 0. The fourth-order valence-corrected chi connectivity index (χ4v) is 1.40. The Bertz CT molecular complexity index is 471. The molecule has 0 spiro atoms. The van der Waals surface area contributed by atoms with Crippen molar-refractivity contribution in [1.29, 1.82) is 0 Å². The molecule has 5 nitrogen and oxygen atoms in total. The van der Waals surface area contributed by atoms with Gasteiger partial charge in [0.2, 0.25) is 5.79 Å². The van der Waals surface area contributed by atoms with Crippen molar-refractivity contribution in [3.8, 4) is 0 Å². The van der Waals surface area contributed by atoms with Crippen molar-refractivity contribution in [2.45, 2.75) is 39.6 Å². The van der Waals surface area contributed by atoms with Crippen molar-refractivity contribution in [2.24, 2.45) is 0 Å². The highest BCUT2D eigenvalue weighted by molar-refractivity contribution is 6.03. The third kappa shape index (κ3) is 4.71. The number of benzene rings is 1. The molecule has 0 atom stereocenters. The summed E-state index contributed by atoms with van der Waals surface area (Å²) < 4.78 is 9.88. The molecule has 0 fully saturated rings. The quantitative estimate of drug-likeness (QED) is 0.667. The van der Waals surface area contributed by atoms with E-state index in [1.165, 1.54) is 26.0 Å². The van der Waals surface area contributed by atoms with Gasteiger partial charge in [-0.1, -0.05) is 12.1 Å². The Balaban J connectivity index is 3.02. The predicted octanol–water partition coefficient (Wildman–Crippen LogP) is 2.14. The van der Waals surface area contributed by atoms with Crippen LogP contribution >= 0.6 is 0 Å². The van der Waals surface area contributed by atoms with Gasteiger partial charge in [0.15, 0.2) is 0 Å². The molecule has 0 unspecified atom stereocenters. The number of hydrogen-bond acceptors (Lipinski definition) is 5. The number of rotatable bonds is 4. The van der Waals surface area contributed by atoms with Crippen molar-refractivity contribution >= 4 is 11.9 Å². The topological polar surface area (TPSA) is 72.8 Å². The van der Waals surface area contributed by atoms with E-state index >= 15 is 0 Å². The molecular weight excluding hydrogens is 248 g/mol. The zero-order valence-corrected chi connectivity index (χ0v) is 11.5. The summed E-state index contributed by atoms with van der Waals surface area (Å²) in [6, 6.07) is 6.15. The standard InChI is InChI=1S/C14H18O5/c1-9(2)18-12(15)10-7-5-6-8-11(10)13(16)19-14(3,4)17/h5-9,17H,1-4H3. The van der Waals surface area contributed by atoms with Gasteiger partial charge >= 0.3 is 11.9 Å². The summed E-state index contributed by atoms with van der Waals surface area (Å²) in [7, 11) is 0. The second-order valence-corrected chi connectivity index (χ2v) is 4.84. The molecule has 0 amide bonds. The summed E-state index contributed by atoms with van der Waals surface area (Å²) in [6.07, 6.45) is -0.286. The van der Waals surface area contributed by atoms with Gasteiger partial charge in [-0.2, -0.15) is 0 Å². The third-order valence-electron chi connectivity index (χ3n) is 2.05. The van der Waals surface area contributed by atoms with Gasteiger partial charge in [-0.15, -0.1) is 0 Å². The van der Waals surface area contributed by atoms with Crippen LogP contribution in [0.5, 0.6) is 0 Å². The lowest BCUT2D eigenvalue weighted by molar-refractivity contribution is -0.136. The maximum absolute atomic E-state index is 11.9. The molecule has 0 saturated carbocycles. The Kier molecular flexibility index (Phi) is 4.67. The highest BCUT2D eigenvalue weighted by Gasteiger charge is 2.24. The summed E-state index contributed by atoms with van der Waals surface area (Å²) in [5, 5.41) is 9.47. The first-order valence-corrected chi connectivity index (χ1v) is 5.96. The maximum Gasteiger partial charge on any atom is 0.341 e. The van der Waals surface area contributed by atoms with Gasteiger partial charge in [-0.05, 0) is 26.0 Å². The van der Waals surface area contributed by atoms with E-state index in [0.717, 1.165) is 0 Å². The first-order chi connectivity index (χ1) is 8.70. The fourth-order valence-electron chi connectivity index (χ4n) is 1.40. The molecule has 104 valence electrons. The van der Waals surface area contributed by atoms with Crippen LogP contribution in [0.1, 0.15) is 48.4 Å². The van der Waals surface area contributed by atoms with Crippen LogP contribution in [-0.4, -0.2) is 28.9 Å². The number of ether oxygens (including phenoxy) is 2. The maximum atomic E-state index is 11.9. The predicted molar refractivity (Wildman–Crippen MR) is 68.7 cm³/mol. The molecule has 1 aromatic rings. The van der Waals surface area contributed by atoms with Crippen LogP contribution in [0, 0.1) is 0 Å². The minimum absolute atomic E-state index is 0.0651. The molecule has 0 aliphatic carbocycles. The second kappa shape index (κ2) is 5.84. The van der Waals surface area contributed by atoms with Crippen LogP contribution in [0.15, 0.2) is 24.3 Å². The number of aliphatic hydroxyl groups is 1. The van der Waals surface area contributed by atoms with Crippen LogP contribution in [0.25, 0.3) is 0 Å². The summed E-state index contributed by atoms with van der Waals surface area (Å²) in [4.78, 5) is 23.7. The average Bonchev–Trinajstić information content (AvgIpc) is 2.25. The molecule has 0 radical (unpaired) electrons. The molecule has 1 N–H and O–H groups in total. The summed E-state index contributed by atoms with van der Waals surface area (Å²) in [5.41, 5.74) is 0.181. The van der Waals surface area contributed by atoms with E-state index in [1.807, 2.05) is 0 Å². The Labute approximate surface area is 112 Å². The lowest BCUT2D eigenvalue weighted by Gasteiger charge is -2.19. The van der Waals surface area contributed by atoms with Crippen LogP contribution in [0.4, 0.5) is 0 Å². The molecular formula is C14H18O5. The van der Waals surface area contributed by atoms with E-state index in [-0.39, 0.29) is 17.2 Å². The Morgan fingerprint density at radius 2 is 1.58 bits per heavy atom. The van der Waals surface area contributed by atoms with E-state index in [4.69, 9.17) is 9.47 Å². The lowest BCUT2D eigenvalue weighted by atomic mass is 10.1. The van der Waals surface area contributed by atoms with E-state index in [9.17, 15) is 14.7 Å². The van der Waals surface area contributed by atoms with E-state index in [0.29, 0.717) is 0 Å². The molecule has 0 aromatic heterocycles. The lowest BCUT2D eigenvalue weighted by Crippen LogP contribution is -2.28. The average molecular weight is 266 g/mol. The molecule has 0 bridgehead atoms. The van der Waals surface area contributed by atoms with Crippen LogP contribution < -0.4 is 0 Å². The van der Waals surface area contributed by atoms with Crippen molar-refractivity contribution < 1.29 is 24.2 Å². The first-order valence-electron chi connectivity index (χ1n) is 5.96. The van der Waals surface area contributed by atoms with Crippen LogP contribution in [-0.2, 0) is 9.47 Å². The monoisotopic (exact) mass is 266 g/mol. The second-order valence-electron chi connectivity index (χ2n) is 4.84. The SMILES string of the molecule is CC(C)OC(=O)c1ccccc1C(=O)OC(C)(C)O. The molecule has 5 heteroatoms. The highest BCUT2D eigenvalue weighted by Crippen LogP contribution is 2.16. The molecule has 0 saturated heterocycles. The largest absolute Gasteiger partial charge is 0.459 e. The van der Waals surface area contributed by atoms with Crippen molar-refractivity contribution in [3.05, 3.63) is 35.4 Å². The van der Waals surface area contributed by atoms with Gasteiger partial charge in [0.1, 0.15) is 0 Å². The van der Waals surface area contributed by atoms with Gasteiger partial charge in [-0.3, -0.25) is 0 Å². The molecule has 1 aromatic carbocycles. The molecule has 1 rings (SSSR count). The number of carbonyl (C=O) groups excluding carboxylic acids is 2. The van der Waals surface area contributed by atoms with Gasteiger partial charge in [0, 0.05) is 13.8 Å². The van der Waals surface area contributed by atoms with Crippen molar-refractivity contribution in [1.82, 2.24) is 0 Å².